The predicted molar refractivity (Wildman–Crippen MR) is 86.5 cm³/mol. The fourth-order valence-corrected chi connectivity index (χ4v) is 3.25. The van der Waals surface area contributed by atoms with Crippen LogP contribution in [0.2, 0.25) is 0 Å². The summed E-state index contributed by atoms with van der Waals surface area (Å²) in [5.41, 5.74) is 1.24. The fourth-order valence-electron chi connectivity index (χ4n) is 3.25. The number of rotatable bonds is 6. The minimum Gasteiger partial charge on any atom is -0.491 e. The molecule has 2 heterocycles. The van der Waals surface area contributed by atoms with E-state index in [4.69, 9.17) is 14.6 Å². The van der Waals surface area contributed by atoms with Crippen molar-refractivity contribution in [2.45, 2.75) is 38.3 Å². The Kier molecular flexibility index (Phi) is 5.51. The third-order valence-electron chi connectivity index (χ3n) is 4.73. The highest BCUT2D eigenvalue weighted by atomic mass is 16.5. The van der Waals surface area contributed by atoms with E-state index in [0.29, 0.717) is 6.61 Å². The van der Waals surface area contributed by atoms with E-state index in [0.717, 1.165) is 57.7 Å². The normalized spacial score (nSPS) is 23.0. The third-order valence-corrected chi connectivity index (χ3v) is 4.73. The van der Waals surface area contributed by atoms with Gasteiger partial charge in [0.05, 0.1) is 12.0 Å². The molecule has 2 fully saturated rings. The van der Waals surface area contributed by atoms with Gasteiger partial charge in [-0.1, -0.05) is 12.1 Å². The molecule has 3 rings (SSSR count). The summed E-state index contributed by atoms with van der Waals surface area (Å²) in [6, 6.07) is 8.20. The standard InChI is InChI=1S/C18H25NO4/c20-18(21)15-7-9-19(10-8-15)12-14-3-5-16(6-4-14)23-13-17-2-1-11-22-17/h3-6,15,17H,1-2,7-13H2,(H,20,21). The molecule has 23 heavy (non-hydrogen) atoms. The molecule has 0 saturated carbocycles. The van der Waals surface area contributed by atoms with Crippen molar-refractivity contribution in [2.75, 3.05) is 26.3 Å². The van der Waals surface area contributed by atoms with E-state index in [1.165, 1.54) is 5.56 Å². The highest BCUT2D eigenvalue weighted by Crippen LogP contribution is 2.21. The Morgan fingerprint density at radius 2 is 1.96 bits per heavy atom. The Morgan fingerprint density at radius 1 is 1.22 bits per heavy atom. The lowest BCUT2D eigenvalue weighted by Gasteiger charge is -2.30. The van der Waals surface area contributed by atoms with Crippen molar-refractivity contribution in [1.29, 1.82) is 0 Å². The first-order valence-corrected chi connectivity index (χ1v) is 8.49. The molecule has 1 N–H and O–H groups in total. The fraction of sp³-hybridized carbons (Fsp3) is 0.611. The van der Waals surface area contributed by atoms with E-state index in [2.05, 4.69) is 17.0 Å². The largest absolute Gasteiger partial charge is 0.491 e. The average Bonchev–Trinajstić information content (AvgIpc) is 3.08. The highest BCUT2D eigenvalue weighted by Gasteiger charge is 2.24. The van der Waals surface area contributed by atoms with Crippen LogP contribution in [0, 0.1) is 5.92 Å². The molecule has 1 aromatic carbocycles. The van der Waals surface area contributed by atoms with Crippen molar-refractivity contribution < 1.29 is 19.4 Å². The zero-order chi connectivity index (χ0) is 16.1. The van der Waals surface area contributed by atoms with Gasteiger partial charge < -0.3 is 14.6 Å². The zero-order valence-corrected chi connectivity index (χ0v) is 13.4. The van der Waals surface area contributed by atoms with Gasteiger partial charge in [-0.15, -0.1) is 0 Å². The van der Waals surface area contributed by atoms with Crippen LogP contribution < -0.4 is 4.74 Å². The Morgan fingerprint density at radius 3 is 2.57 bits per heavy atom. The van der Waals surface area contributed by atoms with E-state index in [1.807, 2.05) is 12.1 Å². The topological polar surface area (TPSA) is 59.0 Å². The van der Waals surface area contributed by atoms with E-state index in [9.17, 15) is 4.79 Å². The number of aliphatic carboxylic acids is 1. The first kappa shape index (κ1) is 16.3. The van der Waals surface area contributed by atoms with Gasteiger partial charge in [0.25, 0.3) is 0 Å². The maximum atomic E-state index is 11.0. The second-order valence-corrected chi connectivity index (χ2v) is 6.48. The van der Waals surface area contributed by atoms with Crippen molar-refractivity contribution >= 4 is 5.97 Å². The third kappa shape index (κ3) is 4.69. The zero-order valence-electron chi connectivity index (χ0n) is 13.4. The number of carboxylic acid groups (broad SMARTS) is 1. The number of piperidine rings is 1. The summed E-state index contributed by atoms with van der Waals surface area (Å²) in [6.45, 7) is 4.06. The number of hydrogen-bond donors (Lipinski definition) is 1. The van der Waals surface area contributed by atoms with Crippen LogP contribution in [-0.4, -0.2) is 48.4 Å². The summed E-state index contributed by atoms with van der Waals surface area (Å²) in [6.07, 6.45) is 3.95. The van der Waals surface area contributed by atoms with Gasteiger partial charge in [-0.05, 0) is 56.5 Å². The Balaban J connectivity index is 1.43. The van der Waals surface area contributed by atoms with Gasteiger partial charge >= 0.3 is 5.97 Å². The molecule has 0 aromatic heterocycles. The lowest BCUT2D eigenvalue weighted by molar-refractivity contribution is -0.143. The monoisotopic (exact) mass is 319 g/mol. The van der Waals surface area contributed by atoms with Crippen LogP contribution in [0.25, 0.3) is 0 Å². The van der Waals surface area contributed by atoms with Gasteiger partial charge in [-0.25, -0.2) is 0 Å². The predicted octanol–water partition coefficient (Wildman–Crippen LogP) is 2.54. The van der Waals surface area contributed by atoms with Crippen LogP contribution in [-0.2, 0) is 16.1 Å². The molecular formula is C18H25NO4. The van der Waals surface area contributed by atoms with Gasteiger partial charge in [-0.2, -0.15) is 0 Å². The van der Waals surface area contributed by atoms with Crippen molar-refractivity contribution in [3.8, 4) is 5.75 Å². The molecule has 5 nitrogen and oxygen atoms in total. The maximum Gasteiger partial charge on any atom is 0.306 e. The smallest absolute Gasteiger partial charge is 0.306 e. The molecule has 2 aliphatic heterocycles. The molecule has 2 aliphatic rings. The molecular weight excluding hydrogens is 294 g/mol. The summed E-state index contributed by atoms with van der Waals surface area (Å²) in [5.74, 6) is 0.0612. The summed E-state index contributed by atoms with van der Waals surface area (Å²) >= 11 is 0. The Bertz CT molecular complexity index is 502. The number of likely N-dealkylation sites (tertiary alicyclic amines) is 1. The average molecular weight is 319 g/mol. The molecule has 1 unspecified atom stereocenters. The molecule has 0 amide bonds. The van der Waals surface area contributed by atoms with E-state index >= 15 is 0 Å². The Labute approximate surface area is 137 Å². The second-order valence-electron chi connectivity index (χ2n) is 6.48. The number of ether oxygens (including phenoxy) is 2. The van der Waals surface area contributed by atoms with Crippen molar-refractivity contribution in [2.24, 2.45) is 5.92 Å². The number of nitrogens with zero attached hydrogens (tertiary/aromatic N) is 1. The first-order chi connectivity index (χ1) is 11.2. The molecule has 0 bridgehead atoms. The summed E-state index contributed by atoms with van der Waals surface area (Å²) in [5, 5.41) is 9.03. The van der Waals surface area contributed by atoms with Crippen LogP contribution in [0.15, 0.2) is 24.3 Å². The summed E-state index contributed by atoms with van der Waals surface area (Å²) in [4.78, 5) is 13.3. The van der Waals surface area contributed by atoms with Gasteiger partial charge in [0.1, 0.15) is 12.4 Å². The lowest BCUT2D eigenvalue weighted by Crippen LogP contribution is -2.35. The number of benzene rings is 1. The van der Waals surface area contributed by atoms with Crippen LogP contribution >= 0.6 is 0 Å². The molecule has 126 valence electrons. The van der Waals surface area contributed by atoms with E-state index in [1.54, 1.807) is 0 Å². The van der Waals surface area contributed by atoms with Crippen LogP contribution in [0.5, 0.6) is 5.75 Å². The van der Waals surface area contributed by atoms with Gasteiger partial charge in [0.15, 0.2) is 0 Å². The molecule has 5 heteroatoms. The van der Waals surface area contributed by atoms with Crippen LogP contribution in [0.1, 0.15) is 31.2 Å². The maximum absolute atomic E-state index is 11.0. The Hall–Kier alpha value is -1.59. The van der Waals surface area contributed by atoms with Crippen molar-refractivity contribution in [3.63, 3.8) is 0 Å². The van der Waals surface area contributed by atoms with E-state index in [-0.39, 0.29) is 12.0 Å². The number of carbonyl (C=O) groups is 1. The molecule has 0 radical (unpaired) electrons. The van der Waals surface area contributed by atoms with Crippen molar-refractivity contribution in [1.82, 2.24) is 4.90 Å². The second kappa shape index (κ2) is 7.79. The molecule has 1 atom stereocenters. The molecule has 2 saturated heterocycles. The van der Waals surface area contributed by atoms with Gasteiger partial charge in [0, 0.05) is 13.2 Å². The molecule has 0 aliphatic carbocycles. The lowest BCUT2D eigenvalue weighted by atomic mass is 9.97. The van der Waals surface area contributed by atoms with Crippen LogP contribution in [0.4, 0.5) is 0 Å². The molecule has 1 aromatic rings. The number of hydrogen-bond acceptors (Lipinski definition) is 4. The minimum absolute atomic E-state index is 0.167. The van der Waals surface area contributed by atoms with Crippen molar-refractivity contribution in [3.05, 3.63) is 29.8 Å². The highest BCUT2D eigenvalue weighted by molar-refractivity contribution is 5.70. The minimum atomic E-state index is -0.655. The summed E-state index contributed by atoms with van der Waals surface area (Å²) < 4.78 is 11.3. The first-order valence-electron chi connectivity index (χ1n) is 8.49. The van der Waals surface area contributed by atoms with Gasteiger partial charge in [0.2, 0.25) is 0 Å². The SMILES string of the molecule is O=C(O)C1CCN(Cc2ccc(OCC3CCCO3)cc2)CC1. The van der Waals surface area contributed by atoms with Gasteiger partial charge in [-0.3, -0.25) is 9.69 Å². The summed E-state index contributed by atoms with van der Waals surface area (Å²) in [7, 11) is 0. The van der Waals surface area contributed by atoms with Crippen LogP contribution in [0.3, 0.4) is 0 Å². The quantitative estimate of drug-likeness (QED) is 0.873. The molecule has 0 spiro atoms. The number of carboxylic acids is 1. The van der Waals surface area contributed by atoms with E-state index < -0.39 is 5.97 Å².